The molecule has 6 nitrogen and oxygen atoms in total. The fourth-order valence-electron chi connectivity index (χ4n) is 3.18. The van der Waals surface area contributed by atoms with Crippen molar-refractivity contribution in [3.63, 3.8) is 0 Å². The second-order valence-electron chi connectivity index (χ2n) is 5.91. The molecule has 146 valence electrons. The number of carbonyl (C=O) groups excluding carboxylic acids is 3. The number of esters is 3. The van der Waals surface area contributed by atoms with Gasteiger partial charge < -0.3 is 14.2 Å². The fourth-order valence-corrected chi connectivity index (χ4v) is 3.18. The molecule has 0 aromatic heterocycles. The molecule has 0 amide bonds. The smallest absolute Gasteiger partial charge is 0.412 e. The standard InChI is InChI=1S/C18H17F3O6/c1-25-14(22)11-6-4-10(5-7-11)13-8-12(18(19,20)21)9-17(13,15(23)26-2)16(24)27-3/h4-8,13H,9H2,1-3H3. The molecule has 0 N–H and O–H groups in total. The molecule has 0 heterocycles. The second kappa shape index (κ2) is 7.42. The maximum absolute atomic E-state index is 13.3. The van der Waals surface area contributed by atoms with Crippen LogP contribution in [-0.4, -0.2) is 45.4 Å². The van der Waals surface area contributed by atoms with Gasteiger partial charge in [-0.15, -0.1) is 0 Å². The third kappa shape index (κ3) is 3.54. The van der Waals surface area contributed by atoms with E-state index in [1.165, 1.54) is 31.4 Å². The molecule has 1 aromatic carbocycles. The molecular weight excluding hydrogens is 369 g/mol. The van der Waals surface area contributed by atoms with E-state index in [2.05, 4.69) is 14.2 Å². The van der Waals surface area contributed by atoms with Crippen LogP contribution in [0.1, 0.15) is 28.3 Å². The van der Waals surface area contributed by atoms with Crippen molar-refractivity contribution >= 4 is 17.9 Å². The van der Waals surface area contributed by atoms with E-state index in [0.29, 0.717) is 0 Å². The molecule has 0 saturated carbocycles. The zero-order valence-electron chi connectivity index (χ0n) is 14.8. The van der Waals surface area contributed by atoms with Gasteiger partial charge in [-0.2, -0.15) is 13.2 Å². The number of hydrogen-bond acceptors (Lipinski definition) is 6. The minimum absolute atomic E-state index is 0.168. The molecule has 0 fully saturated rings. The zero-order valence-corrected chi connectivity index (χ0v) is 14.8. The lowest BCUT2D eigenvalue weighted by molar-refractivity contribution is -0.170. The monoisotopic (exact) mass is 386 g/mol. The van der Waals surface area contributed by atoms with Crippen LogP contribution in [0.5, 0.6) is 0 Å². The van der Waals surface area contributed by atoms with Crippen LogP contribution in [0.15, 0.2) is 35.9 Å². The molecule has 0 radical (unpaired) electrons. The zero-order chi connectivity index (χ0) is 20.4. The molecule has 0 saturated heterocycles. The minimum atomic E-state index is -4.73. The Balaban J connectivity index is 2.61. The van der Waals surface area contributed by atoms with Crippen molar-refractivity contribution in [2.75, 3.05) is 21.3 Å². The van der Waals surface area contributed by atoms with E-state index in [1.54, 1.807) is 0 Å². The molecule has 1 aromatic rings. The first-order chi connectivity index (χ1) is 12.6. The highest BCUT2D eigenvalue weighted by Crippen LogP contribution is 2.53. The number of allylic oxidation sites excluding steroid dienone is 2. The summed E-state index contributed by atoms with van der Waals surface area (Å²) >= 11 is 0. The van der Waals surface area contributed by atoms with Crippen molar-refractivity contribution in [1.29, 1.82) is 0 Å². The first-order valence-electron chi connectivity index (χ1n) is 7.74. The maximum Gasteiger partial charge on any atom is 0.412 e. The van der Waals surface area contributed by atoms with E-state index in [4.69, 9.17) is 0 Å². The number of ether oxygens (including phenoxy) is 3. The number of halogens is 3. The quantitative estimate of drug-likeness (QED) is 0.343. The summed E-state index contributed by atoms with van der Waals surface area (Å²) in [6.45, 7) is 0. The highest BCUT2D eigenvalue weighted by Gasteiger charge is 2.61. The second-order valence-corrected chi connectivity index (χ2v) is 5.91. The number of alkyl halides is 3. The number of carbonyl (C=O) groups is 3. The molecule has 0 bridgehead atoms. The molecule has 9 heteroatoms. The summed E-state index contributed by atoms with van der Waals surface area (Å²) in [5, 5.41) is 0. The SMILES string of the molecule is COC(=O)c1ccc(C2C=C(C(F)(F)F)CC2(C(=O)OC)C(=O)OC)cc1. The van der Waals surface area contributed by atoms with Crippen molar-refractivity contribution in [3.05, 3.63) is 47.0 Å². The van der Waals surface area contributed by atoms with Gasteiger partial charge in [0.25, 0.3) is 0 Å². The van der Waals surface area contributed by atoms with Gasteiger partial charge in [0.05, 0.1) is 26.9 Å². The average molecular weight is 386 g/mol. The topological polar surface area (TPSA) is 78.9 Å². The van der Waals surface area contributed by atoms with Gasteiger partial charge in [-0.3, -0.25) is 9.59 Å². The van der Waals surface area contributed by atoms with E-state index >= 15 is 0 Å². The first-order valence-corrected chi connectivity index (χ1v) is 7.74. The molecule has 0 spiro atoms. The molecule has 2 rings (SSSR count). The summed E-state index contributed by atoms with van der Waals surface area (Å²) in [7, 11) is 3.15. The lowest BCUT2D eigenvalue weighted by atomic mass is 9.73. The van der Waals surface area contributed by atoms with Crippen molar-refractivity contribution in [1.82, 2.24) is 0 Å². The minimum Gasteiger partial charge on any atom is -0.468 e. The van der Waals surface area contributed by atoms with Crippen molar-refractivity contribution in [3.8, 4) is 0 Å². The highest BCUT2D eigenvalue weighted by molar-refractivity contribution is 6.02. The molecule has 1 atom stereocenters. The fraction of sp³-hybridized carbons (Fsp3) is 0.389. The van der Waals surface area contributed by atoms with Crippen LogP contribution in [0, 0.1) is 5.41 Å². The molecular formula is C18H17F3O6. The number of benzene rings is 1. The van der Waals surface area contributed by atoms with Crippen LogP contribution in [0.25, 0.3) is 0 Å². The van der Waals surface area contributed by atoms with Gasteiger partial charge in [0.1, 0.15) is 0 Å². The van der Waals surface area contributed by atoms with E-state index in [9.17, 15) is 27.6 Å². The van der Waals surface area contributed by atoms with Crippen molar-refractivity contribution in [2.45, 2.75) is 18.5 Å². The predicted octanol–water partition coefficient (Wildman–Crippen LogP) is 2.78. The number of hydrogen-bond donors (Lipinski definition) is 0. The third-order valence-electron chi connectivity index (χ3n) is 4.52. The van der Waals surface area contributed by atoms with Crippen LogP contribution in [0.4, 0.5) is 13.2 Å². The van der Waals surface area contributed by atoms with Crippen LogP contribution in [-0.2, 0) is 23.8 Å². The molecule has 0 aliphatic heterocycles. The first kappa shape index (κ1) is 20.5. The molecule has 1 aliphatic rings. The number of rotatable bonds is 4. The summed E-state index contributed by atoms with van der Waals surface area (Å²) in [4.78, 5) is 36.4. The van der Waals surface area contributed by atoms with Crippen LogP contribution in [0.2, 0.25) is 0 Å². The largest absolute Gasteiger partial charge is 0.468 e. The Morgan fingerprint density at radius 3 is 1.89 bits per heavy atom. The van der Waals surface area contributed by atoms with Gasteiger partial charge >= 0.3 is 24.1 Å². The third-order valence-corrected chi connectivity index (χ3v) is 4.52. The summed E-state index contributed by atoms with van der Waals surface area (Å²) in [6.07, 6.45) is -4.81. The number of methoxy groups -OCH3 is 3. The Morgan fingerprint density at radius 1 is 0.963 bits per heavy atom. The Labute approximate surface area is 152 Å². The van der Waals surface area contributed by atoms with E-state index in [1.807, 2.05) is 0 Å². The Hall–Kier alpha value is -2.84. The lowest BCUT2D eigenvalue weighted by Gasteiger charge is -2.30. The predicted molar refractivity (Wildman–Crippen MR) is 85.7 cm³/mol. The van der Waals surface area contributed by atoms with Gasteiger partial charge in [-0.1, -0.05) is 18.2 Å². The highest BCUT2D eigenvalue weighted by atomic mass is 19.4. The van der Waals surface area contributed by atoms with Gasteiger partial charge in [0.15, 0.2) is 5.41 Å². The molecule has 27 heavy (non-hydrogen) atoms. The van der Waals surface area contributed by atoms with E-state index < -0.39 is 47.4 Å². The summed E-state index contributed by atoms with van der Waals surface area (Å²) in [5.41, 5.74) is -2.85. The van der Waals surface area contributed by atoms with Crippen molar-refractivity contribution in [2.24, 2.45) is 5.41 Å². The summed E-state index contributed by atoms with van der Waals surface area (Å²) < 4.78 is 53.8. The Morgan fingerprint density at radius 2 is 1.48 bits per heavy atom. The summed E-state index contributed by atoms with van der Waals surface area (Å²) in [5.74, 6) is -4.17. The van der Waals surface area contributed by atoms with Gasteiger partial charge in [0.2, 0.25) is 0 Å². The van der Waals surface area contributed by atoms with Gasteiger partial charge in [0, 0.05) is 17.9 Å². The molecule has 1 unspecified atom stereocenters. The average Bonchev–Trinajstić information content (AvgIpc) is 3.08. The van der Waals surface area contributed by atoms with E-state index in [-0.39, 0.29) is 11.1 Å². The molecule has 1 aliphatic carbocycles. The van der Waals surface area contributed by atoms with Gasteiger partial charge in [-0.05, 0) is 17.7 Å². The lowest BCUT2D eigenvalue weighted by Crippen LogP contribution is -2.44. The van der Waals surface area contributed by atoms with E-state index in [0.717, 1.165) is 20.3 Å². The Kier molecular flexibility index (Phi) is 5.62. The van der Waals surface area contributed by atoms with Crippen LogP contribution in [0.3, 0.4) is 0 Å². The Bertz CT molecular complexity index is 763. The van der Waals surface area contributed by atoms with Gasteiger partial charge in [-0.25, -0.2) is 4.79 Å². The normalized spacial score (nSPS) is 18.4. The summed E-state index contributed by atoms with van der Waals surface area (Å²) in [6, 6.07) is 5.38. The van der Waals surface area contributed by atoms with Crippen LogP contribution >= 0.6 is 0 Å². The van der Waals surface area contributed by atoms with Crippen LogP contribution < -0.4 is 0 Å². The maximum atomic E-state index is 13.3. The van der Waals surface area contributed by atoms with Crippen molar-refractivity contribution < 1.29 is 41.8 Å².